The average molecular weight is 550 g/mol. The SMILES string of the molecule is c1ccc(-c2ccc(-c3cc(-c4cccc(-c5cccc6[nH]c7ccccc7c56)c4)nc(-c4ccccc4)n3)cc2)cc1. The molecule has 2 heterocycles. The molecule has 0 unspecified atom stereocenters. The third-order valence-corrected chi connectivity index (χ3v) is 8.05. The van der Waals surface area contributed by atoms with Crippen molar-refractivity contribution in [1.82, 2.24) is 15.0 Å². The second-order valence-electron chi connectivity index (χ2n) is 10.8. The number of aromatic amines is 1. The van der Waals surface area contributed by atoms with Gasteiger partial charge in [-0.1, -0.05) is 133 Å². The van der Waals surface area contributed by atoms with Crippen LogP contribution in [0.25, 0.3) is 78.0 Å². The van der Waals surface area contributed by atoms with Crippen molar-refractivity contribution in [2.45, 2.75) is 0 Å². The molecule has 0 bridgehead atoms. The van der Waals surface area contributed by atoms with Crippen LogP contribution in [-0.4, -0.2) is 15.0 Å². The van der Waals surface area contributed by atoms with Gasteiger partial charge in [0.1, 0.15) is 0 Å². The van der Waals surface area contributed by atoms with Crippen molar-refractivity contribution in [1.29, 1.82) is 0 Å². The molecule has 8 rings (SSSR count). The monoisotopic (exact) mass is 549 g/mol. The van der Waals surface area contributed by atoms with Gasteiger partial charge in [0.15, 0.2) is 5.82 Å². The van der Waals surface area contributed by atoms with E-state index in [2.05, 4.69) is 138 Å². The van der Waals surface area contributed by atoms with Crippen LogP contribution in [0.5, 0.6) is 0 Å². The molecule has 43 heavy (non-hydrogen) atoms. The quantitative estimate of drug-likeness (QED) is 0.232. The molecule has 202 valence electrons. The van der Waals surface area contributed by atoms with E-state index < -0.39 is 0 Å². The Bertz CT molecular complexity index is 2210. The largest absolute Gasteiger partial charge is 0.354 e. The number of fused-ring (bicyclic) bond motifs is 3. The van der Waals surface area contributed by atoms with E-state index in [1.807, 2.05) is 24.3 Å². The molecule has 1 N–H and O–H groups in total. The van der Waals surface area contributed by atoms with Crippen LogP contribution in [0.4, 0.5) is 0 Å². The van der Waals surface area contributed by atoms with Gasteiger partial charge in [-0.3, -0.25) is 0 Å². The molecular formula is C40H27N3. The number of para-hydroxylation sites is 1. The lowest BCUT2D eigenvalue weighted by atomic mass is 9.96. The molecule has 2 aromatic heterocycles. The molecule has 0 aliphatic rings. The second kappa shape index (κ2) is 10.6. The van der Waals surface area contributed by atoms with E-state index in [-0.39, 0.29) is 0 Å². The van der Waals surface area contributed by atoms with Gasteiger partial charge in [0.05, 0.1) is 11.4 Å². The maximum absolute atomic E-state index is 5.08. The summed E-state index contributed by atoms with van der Waals surface area (Å²) in [5.41, 5.74) is 11.9. The van der Waals surface area contributed by atoms with Gasteiger partial charge in [0.25, 0.3) is 0 Å². The zero-order valence-electron chi connectivity index (χ0n) is 23.4. The summed E-state index contributed by atoms with van der Waals surface area (Å²) < 4.78 is 0. The number of hydrogen-bond donors (Lipinski definition) is 1. The molecule has 0 radical (unpaired) electrons. The van der Waals surface area contributed by atoms with Crippen molar-refractivity contribution in [2.75, 3.05) is 0 Å². The zero-order chi connectivity index (χ0) is 28.6. The van der Waals surface area contributed by atoms with Crippen LogP contribution < -0.4 is 0 Å². The van der Waals surface area contributed by atoms with E-state index in [9.17, 15) is 0 Å². The van der Waals surface area contributed by atoms with Gasteiger partial charge in [-0.15, -0.1) is 0 Å². The van der Waals surface area contributed by atoms with Gasteiger partial charge >= 0.3 is 0 Å². The number of hydrogen-bond acceptors (Lipinski definition) is 2. The van der Waals surface area contributed by atoms with E-state index in [0.29, 0.717) is 5.82 Å². The summed E-state index contributed by atoms with van der Waals surface area (Å²) in [6.07, 6.45) is 0. The lowest BCUT2D eigenvalue weighted by molar-refractivity contribution is 1.18. The van der Waals surface area contributed by atoms with Gasteiger partial charge in [-0.2, -0.15) is 0 Å². The molecule has 0 saturated heterocycles. The van der Waals surface area contributed by atoms with Gasteiger partial charge in [0, 0.05) is 38.5 Å². The van der Waals surface area contributed by atoms with Crippen LogP contribution >= 0.6 is 0 Å². The Balaban J connectivity index is 1.26. The molecule has 0 saturated carbocycles. The smallest absolute Gasteiger partial charge is 0.160 e. The molecule has 6 aromatic carbocycles. The Hall–Kier alpha value is -5.80. The minimum atomic E-state index is 0.712. The number of aromatic nitrogens is 3. The average Bonchev–Trinajstić information content (AvgIpc) is 3.48. The third kappa shape index (κ3) is 4.67. The summed E-state index contributed by atoms with van der Waals surface area (Å²) in [4.78, 5) is 13.7. The second-order valence-corrected chi connectivity index (χ2v) is 10.8. The van der Waals surface area contributed by atoms with Gasteiger partial charge in [0.2, 0.25) is 0 Å². The Morgan fingerprint density at radius 2 is 0.930 bits per heavy atom. The van der Waals surface area contributed by atoms with Crippen molar-refractivity contribution in [2.24, 2.45) is 0 Å². The van der Waals surface area contributed by atoms with Crippen molar-refractivity contribution >= 4 is 21.8 Å². The summed E-state index contributed by atoms with van der Waals surface area (Å²) in [6.45, 7) is 0. The predicted octanol–water partition coefficient (Wildman–Crippen LogP) is 10.4. The van der Waals surface area contributed by atoms with Crippen LogP contribution in [0.15, 0.2) is 158 Å². The Morgan fingerprint density at radius 1 is 0.372 bits per heavy atom. The molecule has 8 aromatic rings. The zero-order valence-corrected chi connectivity index (χ0v) is 23.4. The molecule has 0 aliphatic carbocycles. The fraction of sp³-hybridized carbons (Fsp3) is 0. The number of nitrogens with one attached hydrogen (secondary N) is 1. The summed E-state index contributed by atoms with van der Waals surface area (Å²) >= 11 is 0. The fourth-order valence-corrected chi connectivity index (χ4v) is 5.91. The van der Waals surface area contributed by atoms with E-state index in [4.69, 9.17) is 9.97 Å². The summed E-state index contributed by atoms with van der Waals surface area (Å²) in [7, 11) is 0. The molecule has 3 heteroatoms. The molecule has 0 spiro atoms. The first kappa shape index (κ1) is 25.0. The lowest BCUT2D eigenvalue weighted by Crippen LogP contribution is -1.96. The van der Waals surface area contributed by atoms with Gasteiger partial charge in [-0.05, 0) is 46.5 Å². The maximum Gasteiger partial charge on any atom is 0.160 e. The van der Waals surface area contributed by atoms with Crippen molar-refractivity contribution in [3.05, 3.63) is 158 Å². The molecule has 0 atom stereocenters. The van der Waals surface area contributed by atoms with E-state index in [0.717, 1.165) is 44.7 Å². The van der Waals surface area contributed by atoms with Gasteiger partial charge in [-0.25, -0.2) is 9.97 Å². The molecular weight excluding hydrogens is 522 g/mol. The Labute approximate surface area is 250 Å². The fourth-order valence-electron chi connectivity index (χ4n) is 5.91. The van der Waals surface area contributed by atoms with Crippen LogP contribution in [-0.2, 0) is 0 Å². The predicted molar refractivity (Wildman–Crippen MR) is 179 cm³/mol. The molecule has 0 aliphatic heterocycles. The molecule has 0 fully saturated rings. The van der Waals surface area contributed by atoms with Gasteiger partial charge < -0.3 is 4.98 Å². The first-order valence-electron chi connectivity index (χ1n) is 14.5. The highest BCUT2D eigenvalue weighted by molar-refractivity contribution is 6.14. The number of nitrogens with zero attached hydrogens (tertiary/aromatic N) is 2. The van der Waals surface area contributed by atoms with Crippen LogP contribution in [0.2, 0.25) is 0 Å². The summed E-state index contributed by atoms with van der Waals surface area (Å²) in [5, 5.41) is 2.47. The van der Waals surface area contributed by atoms with E-state index in [1.165, 1.54) is 27.5 Å². The van der Waals surface area contributed by atoms with E-state index >= 15 is 0 Å². The summed E-state index contributed by atoms with van der Waals surface area (Å²) in [5.74, 6) is 0.712. The standard InChI is InChI=1S/C40H27N3/c1-3-11-27(12-4-1)28-21-23-29(24-22-28)37-26-38(43-40(42-37)30-13-5-2-6-14-30)32-16-9-15-31(25-32)33-18-10-20-36-39(33)34-17-7-8-19-35(34)41-36/h1-26,41H. The number of rotatable bonds is 5. The van der Waals surface area contributed by atoms with Crippen molar-refractivity contribution in [3.63, 3.8) is 0 Å². The normalized spacial score (nSPS) is 11.3. The van der Waals surface area contributed by atoms with E-state index in [1.54, 1.807) is 0 Å². The highest BCUT2D eigenvalue weighted by Gasteiger charge is 2.14. The Kier molecular flexibility index (Phi) is 6.12. The van der Waals surface area contributed by atoms with Crippen molar-refractivity contribution < 1.29 is 0 Å². The molecule has 3 nitrogen and oxygen atoms in total. The molecule has 0 amide bonds. The third-order valence-electron chi connectivity index (χ3n) is 8.05. The first-order chi connectivity index (χ1) is 21.3. The Morgan fingerprint density at radius 3 is 1.72 bits per heavy atom. The van der Waals surface area contributed by atoms with Crippen molar-refractivity contribution in [3.8, 4) is 56.2 Å². The number of benzene rings is 6. The highest BCUT2D eigenvalue weighted by Crippen LogP contribution is 2.36. The summed E-state index contributed by atoms with van der Waals surface area (Å²) in [6, 6.07) is 55.0. The first-order valence-corrected chi connectivity index (χ1v) is 14.5. The topological polar surface area (TPSA) is 41.6 Å². The van der Waals surface area contributed by atoms with Crippen LogP contribution in [0.3, 0.4) is 0 Å². The van der Waals surface area contributed by atoms with Crippen LogP contribution in [0.1, 0.15) is 0 Å². The van der Waals surface area contributed by atoms with Crippen LogP contribution in [0, 0.1) is 0 Å². The lowest BCUT2D eigenvalue weighted by Gasteiger charge is -2.11. The highest BCUT2D eigenvalue weighted by atomic mass is 14.9. The maximum atomic E-state index is 5.08. The minimum Gasteiger partial charge on any atom is -0.354 e. The minimum absolute atomic E-state index is 0.712. The number of H-pyrrole nitrogens is 1.